The summed E-state index contributed by atoms with van der Waals surface area (Å²) in [5.74, 6) is 0.809. The Bertz CT molecular complexity index is 724. The van der Waals surface area contributed by atoms with Gasteiger partial charge < -0.3 is 10.6 Å². The zero-order valence-corrected chi connectivity index (χ0v) is 16.1. The Balaban J connectivity index is 1.70. The largest absolute Gasteiger partial charge is 0.362 e. The van der Waals surface area contributed by atoms with Crippen LogP contribution in [-0.4, -0.2) is 16.6 Å². The second-order valence-electron chi connectivity index (χ2n) is 6.82. The number of aryl methyl sites for hydroxylation is 1. The quantitative estimate of drug-likeness (QED) is 0.719. The first kappa shape index (κ1) is 18.2. The van der Waals surface area contributed by atoms with Crippen molar-refractivity contribution in [3.05, 3.63) is 58.7 Å². The van der Waals surface area contributed by atoms with Crippen LogP contribution in [0.2, 0.25) is 5.02 Å². The van der Waals surface area contributed by atoms with Crippen molar-refractivity contribution in [2.24, 2.45) is 0 Å². The highest BCUT2D eigenvalue weighted by Gasteiger charge is 2.33. The highest BCUT2D eigenvalue weighted by Crippen LogP contribution is 2.39. The lowest BCUT2D eigenvalue weighted by Crippen LogP contribution is -2.43. The SMILES string of the molecule is Cc1cccnc1NC(=S)NCC1(c2ccc(Cl)cc2)CCCCC1. The van der Waals surface area contributed by atoms with Gasteiger partial charge in [-0.05, 0) is 61.3 Å². The summed E-state index contributed by atoms with van der Waals surface area (Å²) in [6.45, 7) is 2.85. The van der Waals surface area contributed by atoms with Crippen LogP contribution < -0.4 is 10.6 Å². The van der Waals surface area contributed by atoms with Crippen LogP contribution >= 0.6 is 23.8 Å². The standard InChI is InChI=1S/C20H24ClN3S/c1-15-6-5-13-22-18(15)24-19(25)23-14-20(11-3-2-4-12-20)16-7-9-17(21)10-8-16/h5-10,13H,2-4,11-12,14H2,1H3,(H2,22,23,24,25). The van der Waals surface area contributed by atoms with Crippen molar-refractivity contribution in [1.82, 2.24) is 10.3 Å². The summed E-state index contributed by atoms with van der Waals surface area (Å²) in [5, 5.41) is 8.05. The maximum absolute atomic E-state index is 6.08. The van der Waals surface area contributed by atoms with Crippen LogP contribution in [0.5, 0.6) is 0 Å². The fourth-order valence-corrected chi connectivity index (χ4v) is 3.91. The molecule has 2 aromatic rings. The Morgan fingerprint density at radius 1 is 1.16 bits per heavy atom. The van der Waals surface area contributed by atoms with Gasteiger partial charge in [-0.15, -0.1) is 0 Å². The molecule has 1 fully saturated rings. The molecule has 1 aromatic carbocycles. The van der Waals surface area contributed by atoms with Crippen molar-refractivity contribution >= 4 is 34.7 Å². The molecule has 0 radical (unpaired) electrons. The number of nitrogens with one attached hydrogen (secondary N) is 2. The summed E-state index contributed by atoms with van der Waals surface area (Å²) >= 11 is 11.6. The molecule has 0 bridgehead atoms. The van der Waals surface area contributed by atoms with Gasteiger partial charge in [-0.2, -0.15) is 0 Å². The number of halogens is 1. The van der Waals surface area contributed by atoms with Gasteiger partial charge in [0.2, 0.25) is 0 Å². The van der Waals surface area contributed by atoms with E-state index in [-0.39, 0.29) is 5.41 Å². The van der Waals surface area contributed by atoms with Crippen LogP contribution in [0.1, 0.15) is 43.2 Å². The zero-order chi connectivity index (χ0) is 17.7. The van der Waals surface area contributed by atoms with Crippen LogP contribution in [-0.2, 0) is 5.41 Å². The number of nitrogens with zero attached hydrogens (tertiary/aromatic N) is 1. The van der Waals surface area contributed by atoms with E-state index in [0.29, 0.717) is 5.11 Å². The van der Waals surface area contributed by atoms with Crippen LogP contribution in [0.3, 0.4) is 0 Å². The lowest BCUT2D eigenvalue weighted by atomic mass is 9.69. The number of thiocarbonyl (C=S) groups is 1. The number of pyridine rings is 1. The fourth-order valence-electron chi connectivity index (χ4n) is 3.62. The van der Waals surface area contributed by atoms with Crippen molar-refractivity contribution in [2.45, 2.75) is 44.4 Å². The summed E-state index contributed by atoms with van der Waals surface area (Å²) in [5.41, 5.74) is 2.55. The molecule has 1 aromatic heterocycles. The molecular weight excluding hydrogens is 350 g/mol. The van der Waals surface area contributed by atoms with Crippen LogP contribution in [0, 0.1) is 6.92 Å². The minimum Gasteiger partial charge on any atom is -0.362 e. The van der Waals surface area contributed by atoms with Crippen molar-refractivity contribution in [3.8, 4) is 0 Å². The van der Waals surface area contributed by atoms with E-state index in [9.17, 15) is 0 Å². The van der Waals surface area contributed by atoms with E-state index in [0.717, 1.165) is 22.9 Å². The van der Waals surface area contributed by atoms with Crippen molar-refractivity contribution in [3.63, 3.8) is 0 Å². The lowest BCUT2D eigenvalue weighted by Gasteiger charge is -2.38. The van der Waals surface area contributed by atoms with E-state index in [1.165, 1.54) is 37.7 Å². The van der Waals surface area contributed by atoms with E-state index in [4.69, 9.17) is 23.8 Å². The Labute approximate surface area is 160 Å². The normalized spacial score (nSPS) is 16.2. The van der Waals surface area contributed by atoms with Crippen molar-refractivity contribution in [1.29, 1.82) is 0 Å². The Morgan fingerprint density at radius 3 is 2.56 bits per heavy atom. The van der Waals surface area contributed by atoms with Gasteiger partial charge in [-0.3, -0.25) is 0 Å². The van der Waals surface area contributed by atoms with Crippen molar-refractivity contribution in [2.75, 3.05) is 11.9 Å². The number of benzene rings is 1. The molecule has 0 saturated heterocycles. The summed E-state index contributed by atoms with van der Waals surface area (Å²) in [6.07, 6.45) is 7.94. The average Bonchev–Trinajstić information content (AvgIpc) is 2.63. The highest BCUT2D eigenvalue weighted by molar-refractivity contribution is 7.80. The lowest BCUT2D eigenvalue weighted by molar-refractivity contribution is 0.292. The molecule has 0 amide bonds. The maximum Gasteiger partial charge on any atom is 0.171 e. The Morgan fingerprint density at radius 2 is 1.88 bits per heavy atom. The monoisotopic (exact) mass is 373 g/mol. The van der Waals surface area contributed by atoms with Gasteiger partial charge in [0.25, 0.3) is 0 Å². The predicted molar refractivity (Wildman–Crippen MR) is 109 cm³/mol. The fraction of sp³-hybridized carbons (Fsp3) is 0.400. The second kappa shape index (κ2) is 8.15. The third-order valence-electron chi connectivity index (χ3n) is 5.10. The van der Waals surface area contributed by atoms with Gasteiger partial charge in [0.15, 0.2) is 5.11 Å². The first-order chi connectivity index (χ1) is 12.1. The molecule has 132 valence electrons. The van der Waals surface area contributed by atoms with Gasteiger partial charge in [-0.1, -0.05) is 49.1 Å². The molecule has 25 heavy (non-hydrogen) atoms. The summed E-state index contributed by atoms with van der Waals surface area (Å²) in [6, 6.07) is 12.2. The van der Waals surface area contributed by atoms with Gasteiger partial charge >= 0.3 is 0 Å². The predicted octanol–water partition coefficient (Wildman–Crippen LogP) is 5.23. The molecular formula is C20H24ClN3S. The number of hydrogen-bond acceptors (Lipinski definition) is 2. The van der Waals surface area contributed by atoms with Crippen LogP contribution in [0.15, 0.2) is 42.6 Å². The second-order valence-corrected chi connectivity index (χ2v) is 7.67. The van der Waals surface area contributed by atoms with E-state index >= 15 is 0 Å². The molecule has 0 atom stereocenters. The summed E-state index contributed by atoms with van der Waals surface area (Å²) < 4.78 is 0. The molecule has 0 aliphatic heterocycles. The van der Waals surface area contributed by atoms with Crippen LogP contribution in [0.4, 0.5) is 5.82 Å². The maximum atomic E-state index is 6.08. The molecule has 0 unspecified atom stereocenters. The van der Waals surface area contributed by atoms with E-state index < -0.39 is 0 Å². The van der Waals surface area contributed by atoms with Gasteiger partial charge in [0.05, 0.1) is 0 Å². The molecule has 1 saturated carbocycles. The zero-order valence-electron chi connectivity index (χ0n) is 14.5. The molecule has 1 aliphatic carbocycles. The number of rotatable bonds is 4. The van der Waals surface area contributed by atoms with E-state index in [1.54, 1.807) is 6.20 Å². The summed E-state index contributed by atoms with van der Waals surface area (Å²) in [4.78, 5) is 4.34. The van der Waals surface area contributed by atoms with Crippen molar-refractivity contribution < 1.29 is 0 Å². The molecule has 0 spiro atoms. The highest BCUT2D eigenvalue weighted by atomic mass is 35.5. The third-order valence-corrected chi connectivity index (χ3v) is 5.59. The Kier molecular flexibility index (Phi) is 5.92. The average molecular weight is 374 g/mol. The van der Waals surface area contributed by atoms with Gasteiger partial charge in [0.1, 0.15) is 5.82 Å². The van der Waals surface area contributed by atoms with E-state index in [1.807, 2.05) is 31.2 Å². The molecule has 3 rings (SSSR count). The molecule has 5 heteroatoms. The molecule has 3 nitrogen and oxygen atoms in total. The number of aromatic nitrogens is 1. The molecule has 1 heterocycles. The smallest absolute Gasteiger partial charge is 0.171 e. The topological polar surface area (TPSA) is 37.0 Å². The number of anilines is 1. The van der Waals surface area contributed by atoms with Gasteiger partial charge in [-0.25, -0.2) is 4.98 Å². The molecule has 2 N–H and O–H groups in total. The first-order valence-corrected chi connectivity index (χ1v) is 9.60. The minimum atomic E-state index is 0.119. The molecule has 1 aliphatic rings. The van der Waals surface area contributed by atoms with E-state index in [2.05, 4.69) is 27.8 Å². The first-order valence-electron chi connectivity index (χ1n) is 8.82. The van der Waals surface area contributed by atoms with Crippen LogP contribution in [0.25, 0.3) is 0 Å². The van der Waals surface area contributed by atoms with Gasteiger partial charge in [0, 0.05) is 23.2 Å². The minimum absolute atomic E-state index is 0.119. The number of hydrogen-bond donors (Lipinski definition) is 2. The Hall–Kier alpha value is -1.65. The third kappa shape index (κ3) is 4.50. The summed E-state index contributed by atoms with van der Waals surface area (Å²) in [7, 11) is 0.